The Morgan fingerprint density at radius 3 is 2.82 bits per heavy atom. The number of rotatable bonds is 6. The second-order valence-electron chi connectivity index (χ2n) is 5.86. The molecule has 0 spiro atoms. The number of methoxy groups -OCH3 is 1. The van der Waals surface area contributed by atoms with Gasteiger partial charge < -0.3 is 23.4 Å². The second-order valence-corrected chi connectivity index (χ2v) is 5.86. The van der Waals surface area contributed by atoms with Crippen LogP contribution in [0.1, 0.15) is 23.0 Å². The van der Waals surface area contributed by atoms with Gasteiger partial charge in [-0.1, -0.05) is 12.1 Å². The van der Waals surface area contributed by atoms with E-state index in [4.69, 9.17) is 23.4 Å². The molecule has 1 aliphatic rings. The number of para-hydroxylation sites is 1. The fraction of sp³-hybridized carbons (Fsp3) is 0.200. The van der Waals surface area contributed by atoms with Gasteiger partial charge in [0.15, 0.2) is 28.6 Å². The molecule has 0 radical (unpaired) electrons. The molecule has 2 aromatic carbocycles. The summed E-state index contributed by atoms with van der Waals surface area (Å²) in [6.07, 6.45) is 1.48. The molecular weight excluding hydrogens is 364 g/mol. The lowest BCUT2D eigenvalue weighted by Crippen LogP contribution is -2.16. The lowest BCUT2D eigenvalue weighted by atomic mass is 10.2. The molecule has 0 saturated carbocycles. The number of furan rings is 1. The first-order valence-electron chi connectivity index (χ1n) is 8.66. The molecule has 28 heavy (non-hydrogen) atoms. The Morgan fingerprint density at radius 1 is 1.21 bits per heavy atom. The van der Waals surface area contributed by atoms with Gasteiger partial charge in [0.25, 0.3) is 0 Å². The van der Waals surface area contributed by atoms with Gasteiger partial charge in [0.2, 0.25) is 6.79 Å². The first kappa shape index (κ1) is 17.7. The number of ether oxygens (including phenoxy) is 4. The van der Waals surface area contributed by atoms with Gasteiger partial charge in [-0.25, -0.2) is 5.43 Å². The van der Waals surface area contributed by atoms with Crippen LogP contribution < -0.4 is 24.4 Å². The van der Waals surface area contributed by atoms with E-state index in [0.29, 0.717) is 40.8 Å². The van der Waals surface area contributed by atoms with E-state index in [9.17, 15) is 4.79 Å². The van der Waals surface area contributed by atoms with Crippen molar-refractivity contribution in [2.75, 3.05) is 20.5 Å². The van der Waals surface area contributed by atoms with Crippen molar-refractivity contribution >= 4 is 23.1 Å². The van der Waals surface area contributed by atoms with Gasteiger partial charge in [-0.3, -0.25) is 4.79 Å². The summed E-state index contributed by atoms with van der Waals surface area (Å²) in [5, 5.41) is 4.77. The molecule has 8 nitrogen and oxygen atoms in total. The Labute approximate surface area is 160 Å². The summed E-state index contributed by atoms with van der Waals surface area (Å²) in [6, 6.07) is 10.5. The zero-order valence-corrected chi connectivity index (χ0v) is 15.4. The van der Waals surface area contributed by atoms with Crippen molar-refractivity contribution in [3.8, 4) is 23.0 Å². The van der Waals surface area contributed by atoms with Crippen LogP contribution >= 0.6 is 0 Å². The molecule has 0 saturated heterocycles. The molecule has 1 aromatic heterocycles. The summed E-state index contributed by atoms with van der Waals surface area (Å²) in [5.74, 6) is 2.00. The summed E-state index contributed by atoms with van der Waals surface area (Å²) >= 11 is 0. The van der Waals surface area contributed by atoms with Gasteiger partial charge in [-0.15, -0.1) is 0 Å². The number of nitrogens with zero attached hydrogens (tertiary/aromatic N) is 1. The average molecular weight is 382 g/mol. The van der Waals surface area contributed by atoms with Crippen LogP contribution in [0.2, 0.25) is 0 Å². The van der Waals surface area contributed by atoms with E-state index >= 15 is 0 Å². The summed E-state index contributed by atoms with van der Waals surface area (Å²) in [4.78, 5) is 12.4. The maximum atomic E-state index is 12.4. The average Bonchev–Trinajstić information content (AvgIpc) is 3.34. The third-order valence-electron chi connectivity index (χ3n) is 4.13. The summed E-state index contributed by atoms with van der Waals surface area (Å²) in [7, 11) is 1.54. The molecule has 1 N–H and O–H groups in total. The highest BCUT2D eigenvalue weighted by molar-refractivity contribution is 5.97. The minimum Gasteiger partial charge on any atom is -0.493 e. The topological polar surface area (TPSA) is 91.5 Å². The summed E-state index contributed by atoms with van der Waals surface area (Å²) < 4.78 is 27.2. The number of benzene rings is 2. The lowest BCUT2D eigenvalue weighted by Gasteiger charge is -2.08. The lowest BCUT2D eigenvalue weighted by molar-refractivity contribution is 0.0929. The predicted octanol–water partition coefficient (Wildman–Crippen LogP) is 3.33. The normalized spacial score (nSPS) is 12.5. The number of hydrazone groups is 1. The van der Waals surface area contributed by atoms with E-state index in [1.807, 2.05) is 19.1 Å². The third kappa shape index (κ3) is 3.32. The zero-order chi connectivity index (χ0) is 19.5. The highest BCUT2D eigenvalue weighted by Gasteiger charge is 2.18. The molecule has 0 fully saturated rings. The SMILES string of the molecule is CCOc1cc2c(cc1/C=N\NC(=O)c1cc3cccc(OC)c3o1)OCO2. The molecular formula is C20H18N2O6. The number of fused-ring (bicyclic) bond motifs is 2. The van der Waals surface area contributed by atoms with Crippen molar-refractivity contribution in [1.29, 1.82) is 0 Å². The highest BCUT2D eigenvalue weighted by Crippen LogP contribution is 2.37. The molecule has 1 amide bonds. The van der Waals surface area contributed by atoms with Crippen LogP contribution in [0.4, 0.5) is 0 Å². The van der Waals surface area contributed by atoms with Gasteiger partial charge in [0.05, 0.1) is 19.9 Å². The third-order valence-corrected chi connectivity index (χ3v) is 4.13. The molecule has 0 unspecified atom stereocenters. The maximum Gasteiger partial charge on any atom is 0.307 e. The molecule has 0 bridgehead atoms. The van der Waals surface area contributed by atoms with Gasteiger partial charge in [-0.05, 0) is 25.1 Å². The van der Waals surface area contributed by atoms with Crippen molar-refractivity contribution in [3.05, 3.63) is 47.7 Å². The minimum absolute atomic E-state index is 0.132. The molecule has 2 heterocycles. The number of hydrogen-bond acceptors (Lipinski definition) is 7. The Bertz CT molecular complexity index is 1060. The van der Waals surface area contributed by atoms with E-state index in [2.05, 4.69) is 10.5 Å². The summed E-state index contributed by atoms with van der Waals surface area (Å²) in [6.45, 7) is 2.52. The van der Waals surface area contributed by atoms with Crippen LogP contribution in [-0.2, 0) is 0 Å². The molecule has 0 atom stereocenters. The molecule has 8 heteroatoms. The van der Waals surface area contributed by atoms with E-state index in [1.165, 1.54) is 6.21 Å². The Hall–Kier alpha value is -3.68. The Kier molecular flexibility index (Phi) is 4.76. The van der Waals surface area contributed by atoms with Crippen molar-refractivity contribution in [1.82, 2.24) is 5.43 Å². The van der Waals surface area contributed by atoms with E-state index < -0.39 is 5.91 Å². The Balaban J connectivity index is 1.53. The highest BCUT2D eigenvalue weighted by atomic mass is 16.7. The number of carbonyl (C=O) groups is 1. The van der Waals surface area contributed by atoms with E-state index in [0.717, 1.165) is 5.39 Å². The van der Waals surface area contributed by atoms with E-state index in [1.54, 1.807) is 31.4 Å². The van der Waals surface area contributed by atoms with Gasteiger partial charge >= 0.3 is 5.91 Å². The smallest absolute Gasteiger partial charge is 0.307 e. The fourth-order valence-electron chi connectivity index (χ4n) is 2.84. The molecule has 3 aromatic rings. The predicted molar refractivity (Wildman–Crippen MR) is 102 cm³/mol. The fourth-order valence-corrected chi connectivity index (χ4v) is 2.84. The zero-order valence-electron chi connectivity index (χ0n) is 15.4. The van der Waals surface area contributed by atoms with Crippen LogP contribution in [0, 0.1) is 0 Å². The Morgan fingerprint density at radius 2 is 2.04 bits per heavy atom. The number of carbonyl (C=O) groups excluding carboxylic acids is 1. The van der Waals surface area contributed by atoms with Crippen molar-refractivity contribution in [3.63, 3.8) is 0 Å². The van der Waals surface area contributed by atoms with Crippen LogP contribution in [-0.4, -0.2) is 32.6 Å². The molecule has 1 aliphatic heterocycles. The van der Waals surface area contributed by atoms with Crippen LogP contribution in [0.25, 0.3) is 11.0 Å². The largest absolute Gasteiger partial charge is 0.493 e. The minimum atomic E-state index is -0.479. The number of hydrogen-bond donors (Lipinski definition) is 1. The molecule has 144 valence electrons. The monoisotopic (exact) mass is 382 g/mol. The van der Waals surface area contributed by atoms with Gasteiger partial charge in [0, 0.05) is 17.0 Å². The van der Waals surface area contributed by atoms with Crippen molar-refractivity contribution in [2.45, 2.75) is 6.92 Å². The van der Waals surface area contributed by atoms with E-state index in [-0.39, 0.29) is 12.6 Å². The summed E-state index contributed by atoms with van der Waals surface area (Å²) in [5.41, 5.74) is 3.61. The number of amides is 1. The van der Waals surface area contributed by atoms with Gasteiger partial charge in [0.1, 0.15) is 5.75 Å². The van der Waals surface area contributed by atoms with Crippen LogP contribution in [0.3, 0.4) is 0 Å². The number of nitrogens with one attached hydrogen (secondary N) is 1. The molecule has 0 aliphatic carbocycles. The van der Waals surface area contributed by atoms with Crippen molar-refractivity contribution in [2.24, 2.45) is 5.10 Å². The van der Waals surface area contributed by atoms with Crippen molar-refractivity contribution < 1.29 is 28.2 Å². The first-order chi connectivity index (χ1) is 13.7. The molecule has 4 rings (SSSR count). The van der Waals surface area contributed by atoms with Crippen LogP contribution in [0.15, 0.2) is 45.9 Å². The van der Waals surface area contributed by atoms with Crippen LogP contribution in [0.5, 0.6) is 23.0 Å². The standard InChI is InChI=1S/C20H18N2O6/c1-3-25-15-9-17-16(26-11-27-17)8-13(15)10-21-22-20(23)18-7-12-5-4-6-14(24-2)19(12)28-18/h4-10H,3,11H2,1-2H3,(H,22,23)/b21-10-. The van der Waals surface area contributed by atoms with Gasteiger partial charge in [-0.2, -0.15) is 5.10 Å². The second kappa shape index (κ2) is 7.51. The quantitative estimate of drug-likeness (QED) is 0.519. The first-order valence-corrected chi connectivity index (χ1v) is 8.66. The maximum absolute atomic E-state index is 12.4.